The van der Waals surface area contributed by atoms with Gasteiger partial charge in [-0.05, 0) is 63.5 Å². The molecule has 2 aliphatic carbocycles. The third-order valence-corrected chi connectivity index (χ3v) is 14.3. The fraction of sp³-hybridized carbons (Fsp3) is 0.261. The second-order valence-corrected chi connectivity index (χ2v) is 19.1. The van der Waals surface area contributed by atoms with E-state index >= 15 is 35.1 Å². The first-order valence-corrected chi connectivity index (χ1v) is 23.5. The first-order valence-electron chi connectivity index (χ1n) is 21.4. The van der Waals surface area contributed by atoms with Crippen molar-refractivity contribution < 1.29 is 137 Å². The van der Waals surface area contributed by atoms with Crippen molar-refractivity contribution >= 4 is 39.9 Å². The Morgan fingerprint density at radius 1 is 0.351 bits per heavy atom. The summed E-state index contributed by atoms with van der Waals surface area (Å²) in [4.78, 5) is 24.5. The lowest BCUT2D eigenvalue weighted by Gasteiger charge is -2.44. The molecule has 0 atom stereocenters. The number of benzene rings is 4. The molecule has 0 spiro atoms. The standard InChI is InChI=1S/C24BF20.C22H26IO6/c26-5-1(6(27)14(35)21(42)13(5)34)25(2-7(28)15(36)22(43)16(37)8(2)29,3-9(30)17(38)23(44)18(39)10(3)31)4-11(32)19(40)24(45)20(41)12(4)33;24-21(26-15-7-3-1-4-8-15)17-11-13-19(28-17)23-20-14-12-18(29-20)22(25)27-16-9-5-2-6-10-16/h;11-16H,1-10H2/q-1;+1. The summed E-state index contributed by atoms with van der Waals surface area (Å²) in [5.41, 5.74) is -14.3. The molecule has 6 nitrogen and oxygen atoms in total. The Hall–Kier alpha value is -6.23. The zero-order chi connectivity index (χ0) is 54.4. The average Bonchev–Trinajstić information content (AvgIpc) is 4.07. The van der Waals surface area contributed by atoms with Crippen molar-refractivity contribution in [2.45, 2.75) is 76.4 Å². The maximum Gasteiger partial charge on any atom is 0.443 e. The van der Waals surface area contributed by atoms with Crippen LogP contribution in [0.1, 0.15) is 85.3 Å². The highest BCUT2D eigenvalue weighted by Crippen LogP contribution is 2.31. The van der Waals surface area contributed by atoms with Crippen molar-refractivity contribution in [3.8, 4) is 0 Å². The molecule has 0 amide bonds. The molecule has 74 heavy (non-hydrogen) atoms. The van der Waals surface area contributed by atoms with E-state index in [1.807, 2.05) is 0 Å². The molecule has 6 aromatic rings. The van der Waals surface area contributed by atoms with Gasteiger partial charge in [0.1, 0.15) is 64.9 Å². The zero-order valence-corrected chi connectivity index (χ0v) is 38.7. The molecular weight excluding hydrogens is 1170 g/mol. The van der Waals surface area contributed by atoms with Crippen molar-refractivity contribution in [1.29, 1.82) is 0 Å². The first-order chi connectivity index (χ1) is 34.9. The largest absolute Gasteiger partial charge is 0.457 e. The van der Waals surface area contributed by atoms with E-state index in [4.69, 9.17) is 18.3 Å². The molecule has 28 heteroatoms. The summed E-state index contributed by atoms with van der Waals surface area (Å²) < 4.78 is 318. The van der Waals surface area contributed by atoms with E-state index in [9.17, 15) is 62.3 Å². The highest BCUT2D eigenvalue weighted by Gasteiger charge is 2.52. The quantitative estimate of drug-likeness (QED) is 0.0348. The first kappa shape index (κ1) is 55.5. The molecule has 0 N–H and O–H groups in total. The van der Waals surface area contributed by atoms with Crippen molar-refractivity contribution in [2.24, 2.45) is 0 Å². The number of rotatable bonds is 10. The van der Waals surface area contributed by atoms with Gasteiger partial charge in [0.2, 0.25) is 11.5 Å². The summed E-state index contributed by atoms with van der Waals surface area (Å²) in [6.45, 7) is 0. The molecule has 8 rings (SSSR count). The van der Waals surface area contributed by atoms with Gasteiger partial charge < -0.3 is 18.3 Å². The number of ether oxygens (including phenoxy) is 2. The summed E-state index contributed by atoms with van der Waals surface area (Å²) in [5.74, 6) is -71.7. The van der Waals surface area contributed by atoms with E-state index in [-0.39, 0.29) is 23.7 Å². The Morgan fingerprint density at radius 3 is 0.797 bits per heavy atom. The normalized spacial score (nSPS) is 14.5. The van der Waals surface area contributed by atoms with Crippen LogP contribution in [-0.2, 0) is 9.47 Å². The third-order valence-electron chi connectivity index (χ3n) is 12.1. The minimum absolute atomic E-state index is 0.00214. The lowest BCUT2D eigenvalue weighted by atomic mass is 9.12. The SMILES string of the molecule is Fc1c(F)c(F)c([B-](c2c(F)c(F)c(F)c(F)c2F)(c2c(F)c(F)c(F)c(F)c2F)c2c(F)c(F)c(F)c(F)c2F)c(F)c1F.O=C(OC1CCCCC1)c1ccc([I+]c2ccc(C(=O)OC3CCCCC3)o2)o1. The van der Waals surface area contributed by atoms with Gasteiger partial charge in [-0.2, -0.15) is 0 Å². The zero-order valence-electron chi connectivity index (χ0n) is 36.5. The molecule has 0 unspecified atom stereocenters. The van der Waals surface area contributed by atoms with Crippen LogP contribution in [-0.4, -0.2) is 30.3 Å². The molecule has 4 aromatic carbocycles. The van der Waals surface area contributed by atoms with Crippen LogP contribution in [0.4, 0.5) is 87.8 Å². The number of hydrogen-bond donors (Lipinski definition) is 0. The molecule has 2 fully saturated rings. The molecule has 396 valence electrons. The Kier molecular flexibility index (Phi) is 16.5. The maximum absolute atomic E-state index is 15.4. The van der Waals surface area contributed by atoms with Gasteiger partial charge in [0, 0.05) is 12.1 Å². The van der Waals surface area contributed by atoms with E-state index in [2.05, 4.69) is 0 Å². The van der Waals surface area contributed by atoms with Crippen LogP contribution in [0.15, 0.2) is 33.1 Å². The van der Waals surface area contributed by atoms with Gasteiger partial charge in [-0.3, -0.25) is 0 Å². The topological polar surface area (TPSA) is 78.9 Å². The number of esters is 2. The predicted molar refractivity (Wildman–Crippen MR) is 209 cm³/mol. The summed E-state index contributed by atoms with van der Waals surface area (Å²) in [6, 6.07) is 6.88. The highest BCUT2D eigenvalue weighted by molar-refractivity contribution is 7.20. The van der Waals surface area contributed by atoms with Crippen molar-refractivity contribution in [3.05, 3.63) is 160 Å². The average molecular weight is 1190 g/mol. The predicted octanol–water partition coefficient (Wildman–Crippen LogP) is 7.83. The molecule has 0 aliphatic heterocycles. The van der Waals surface area contributed by atoms with Crippen LogP contribution in [0.2, 0.25) is 0 Å². The number of hydrogen-bond acceptors (Lipinski definition) is 6. The van der Waals surface area contributed by atoms with E-state index in [0.717, 1.165) is 51.4 Å². The smallest absolute Gasteiger partial charge is 0.443 e. The van der Waals surface area contributed by atoms with Gasteiger partial charge in [-0.25, -0.2) is 97.4 Å². The molecule has 2 aromatic heterocycles. The van der Waals surface area contributed by atoms with Crippen molar-refractivity contribution in [1.82, 2.24) is 0 Å². The highest BCUT2D eigenvalue weighted by atomic mass is 127. The van der Waals surface area contributed by atoms with Crippen LogP contribution in [0.3, 0.4) is 0 Å². The second-order valence-electron chi connectivity index (χ2n) is 16.4. The molecule has 2 aliphatic rings. The van der Waals surface area contributed by atoms with Gasteiger partial charge >= 0.3 is 40.7 Å². The summed E-state index contributed by atoms with van der Waals surface area (Å²) in [7, 11) is 0. The Bertz CT molecular complexity index is 2740. The Morgan fingerprint density at radius 2 is 0.568 bits per heavy atom. The monoisotopic (exact) mass is 1190 g/mol. The lowest BCUT2D eigenvalue weighted by molar-refractivity contribution is -0.636. The Labute approximate surface area is 411 Å². The number of halogens is 21. The fourth-order valence-corrected chi connectivity index (χ4v) is 10.6. The number of carbonyl (C=O) groups is 2. The van der Waals surface area contributed by atoms with Gasteiger partial charge in [-0.15, -0.1) is 21.9 Å². The summed E-state index contributed by atoms with van der Waals surface area (Å²) in [5, 5.41) is 0. The Balaban J connectivity index is 0.000000237. The van der Waals surface area contributed by atoms with E-state index < -0.39 is 177 Å². The van der Waals surface area contributed by atoms with Crippen LogP contribution >= 0.6 is 0 Å². The van der Waals surface area contributed by atoms with E-state index in [1.54, 1.807) is 24.3 Å². The van der Waals surface area contributed by atoms with Gasteiger partial charge in [0.05, 0.1) is 0 Å². The van der Waals surface area contributed by atoms with Crippen LogP contribution in [0, 0.1) is 124 Å². The fourth-order valence-electron chi connectivity index (χ4n) is 8.70. The molecule has 0 saturated heterocycles. The molecule has 0 radical (unpaired) electrons. The summed E-state index contributed by atoms with van der Waals surface area (Å²) >= 11 is -0.771. The number of furan rings is 2. The van der Waals surface area contributed by atoms with Gasteiger partial charge in [0.15, 0.2) is 69.8 Å². The minimum Gasteiger partial charge on any atom is -0.457 e. The number of carbonyl (C=O) groups excluding carboxylic acids is 2. The van der Waals surface area contributed by atoms with Crippen molar-refractivity contribution in [3.63, 3.8) is 0 Å². The minimum atomic E-state index is -7.22. The molecule has 2 heterocycles. The molecule has 2 saturated carbocycles. The van der Waals surface area contributed by atoms with Crippen molar-refractivity contribution in [2.75, 3.05) is 0 Å². The molecule has 0 bridgehead atoms. The summed E-state index contributed by atoms with van der Waals surface area (Å²) in [6.07, 6.45) is 3.36. The van der Waals surface area contributed by atoms with E-state index in [1.165, 1.54) is 12.8 Å². The molecular formula is C46H26BF20IO6. The van der Waals surface area contributed by atoms with Gasteiger partial charge in [0.25, 0.3) is 0 Å². The van der Waals surface area contributed by atoms with Crippen LogP contribution in [0.5, 0.6) is 0 Å². The lowest BCUT2D eigenvalue weighted by Crippen LogP contribution is -3.61. The van der Waals surface area contributed by atoms with Gasteiger partial charge in [-0.1, -0.05) is 12.8 Å². The van der Waals surface area contributed by atoms with Crippen LogP contribution in [0.25, 0.3) is 0 Å². The van der Waals surface area contributed by atoms with Crippen LogP contribution < -0.4 is 43.1 Å². The maximum atomic E-state index is 15.4. The van der Waals surface area contributed by atoms with E-state index in [0.29, 0.717) is 7.53 Å². The second kappa shape index (κ2) is 21.9. The third kappa shape index (κ3) is 9.80.